The second-order valence-electron chi connectivity index (χ2n) is 5.73. The predicted molar refractivity (Wildman–Crippen MR) is 76.1 cm³/mol. The number of nitrogens with zero attached hydrogens (tertiary/aromatic N) is 1. The number of likely N-dealkylation sites (tertiary alicyclic amines) is 1. The van der Waals surface area contributed by atoms with Gasteiger partial charge in [0.2, 0.25) is 0 Å². The summed E-state index contributed by atoms with van der Waals surface area (Å²) in [6, 6.07) is 10.5. The fourth-order valence-electron chi connectivity index (χ4n) is 2.94. The standard InChI is InChI=1S/C16H23NO2/c1-13(10-14-6-3-2-4-7-14)11-17-9-5-8-15(12-17)16(18)19/h2-4,6-7,13,15H,5,8-12H2,1H3,(H,18,19). The Morgan fingerprint density at radius 3 is 2.84 bits per heavy atom. The average molecular weight is 261 g/mol. The van der Waals surface area contributed by atoms with Crippen molar-refractivity contribution in [2.24, 2.45) is 11.8 Å². The van der Waals surface area contributed by atoms with E-state index in [9.17, 15) is 4.79 Å². The molecule has 0 spiro atoms. The molecule has 104 valence electrons. The van der Waals surface area contributed by atoms with Gasteiger partial charge in [-0.05, 0) is 37.3 Å². The van der Waals surface area contributed by atoms with Crippen molar-refractivity contribution in [1.29, 1.82) is 0 Å². The van der Waals surface area contributed by atoms with Crippen LogP contribution in [0.1, 0.15) is 25.3 Å². The molecule has 3 heteroatoms. The zero-order valence-corrected chi connectivity index (χ0v) is 11.6. The minimum atomic E-state index is -0.639. The number of piperidine rings is 1. The monoisotopic (exact) mass is 261 g/mol. The molecule has 0 saturated carbocycles. The molecule has 1 aliphatic heterocycles. The summed E-state index contributed by atoms with van der Waals surface area (Å²) in [5.74, 6) is -0.243. The van der Waals surface area contributed by atoms with Crippen molar-refractivity contribution in [3.05, 3.63) is 35.9 Å². The Morgan fingerprint density at radius 2 is 2.16 bits per heavy atom. The van der Waals surface area contributed by atoms with Crippen LogP contribution >= 0.6 is 0 Å². The lowest BCUT2D eigenvalue weighted by atomic mass is 9.95. The smallest absolute Gasteiger partial charge is 0.307 e. The van der Waals surface area contributed by atoms with Crippen LogP contribution in [0.25, 0.3) is 0 Å². The van der Waals surface area contributed by atoms with Gasteiger partial charge in [0.25, 0.3) is 0 Å². The van der Waals surface area contributed by atoms with Gasteiger partial charge in [0.15, 0.2) is 0 Å². The number of carboxylic acid groups (broad SMARTS) is 1. The lowest BCUT2D eigenvalue weighted by molar-refractivity contribution is -0.143. The first-order chi connectivity index (χ1) is 9.15. The summed E-state index contributed by atoms with van der Waals surface area (Å²) in [4.78, 5) is 13.4. The molecular formula is C16H23NO2. The van der Waals surface area contributed by atoms with E-state index in [-0.39, 0.29) is 5.92 Å². The number of rotatable bonds is 5. The normalized spacial score (nSPS) is 22.1. The van der Waals surface area contributed by atoms with Gasteiger partial charge in [-0.2, -0.15) is 0 Å². The number of hydrogen-bond donors (Lipinski definition) is 1. The van der Waals surface area contributed by atoms with Gasteiger partial charge < -0.3 is 10.0 Å². The number of carboxylic acids is 1. The minimum Gasteiger partial charge on any atom is -0.481 e. The molecule has 1 fully saturated rings. The van der Waals surface area contributed by atoms with E-state index in [4.69, 9.17) is 5.11 Å². The SMILES string of the molecule is CC(Cc1ccccc1)CN1CCCC(C(=O)O)C1. The second kappa shape index (κ2) is 6.71. The third-order valence-electron chi connectivity index (χ3n) is 3.85. The number of carbonyl (C=O) groups is 1. The zero-order valence-electron chi connectivity index (χ0n) is 11.6. The predicted octanol–water partition coefficient (Wildman–Crippen LogP) is 2.66. The molecular weight excluding hydrogens is 238 g/mol. The summed E-state index contributed by atoms with van der Waals surface area (Å²) in [5, 5.41) is 9.10. The Bertz CT molecular complexity index is 404. The summed E-state index contributed by atoms with van der Waals surface area (Å²) in [5.41, 5.74) is 1.36. The first kappa shape index (κ1) is 14.1. The maximum absolute atomic E-state index is 11.1. The molecule has 1 saturated heterocycles. The van der Waals surface area contributed by atoms with Crippen molar-refractivity contribution < 1.29 is 9.90 Å². The molecule has 0 radical (unpaired) electrons. The topological polar surface area (TPSA) is 40.5 Å². The van der Waals surface area contributed by atoms with E-state index in [1.807, 2.05) is 6.07 Å². The molecule has 0 bridgehead atoms. The average Bonchev–Trinajstić information content (AvgIpc) is 2.40. The third kappa shape index (κ3) is 4.35. The van der Waals surface area contributed by atoms with Crippen LogP contribution in [-0.2, 0) is 11.2 Å². The van der Waals surface area contributed by atoms with E-state index >= 15 is 0 Å². The van der Waals surface area contributed by atoms with Gasteiger partial charge in [0.1, 0.15) is 0 Å². The van der Waals surface area contributed by atoms with Crippen molar-refractivity contribution in [3.8, 4) is 0 Å². The fourth-order valence-corrected chi connectivity index (χ4v) is 2.94. The summed E-state index contributed by atoms with van der Waals surface area (Å²) >= 11 is 0. The van der Waals surface area contributed by atoms with Gasteiger partial charge in [-0.15, -0.1) is 0 Å². The highest BCUT2D eigenvalue weighted by atomic mass is 16.4. The zero-order chi connectivity index (χ0) is 13.7. The van der Waals surface area contributed by atoms with Gasteiger partial charge in [-0.1, -0.05) is 37.3 Å². The Hall–Kier alpha value is -1.35. The Labute approximate surface area is 115 Å². The minimum absolute atomic E-state index is 0.169. The largest absolute Gasteiger partial charge is 0.481 e. The van der Waals surface area contributed by atoms with Crippen LogP contribution in [0.5, 0.6) is 0 Å². The van der Waals surface area contributed by atoms with Gasteiger partial charge in [-0.25, -0.2) is 0 Å². The molecule has 19 heavy (non-hydrogen) atoms. The maximum Gasteiger partial charge on any atom is 0.307 e. The third-order valence-corrected chi connectivity index (χ3v) is 3.85. The van der Waals surface area contributed by atoms with Gasteiger partial charge in [-0.3, -0.25) is 4.79 Å². The van der Waals surface area contributed by atoms with Crippen molar-refractivity contribution in [2.75, 3.05) is 19.6 Å². The summed E-state index contributed by atoms with van der Waals surface area (Å²) < 4.78 is 0. The molecule has 0 aromatic heterocycles. The van der Waals surface area contributed by atoms with Crippen molar-refractivity contribution >= 4 is 5.97 Å². The Balaban J connectivity index is 1.82. The fraction of sp³-hybridized carbons (Fsp3) is 0.562. The molecule has 2 rings (SSSR count). The van der Waals surface area contributed by atoms with Crippen LogP contribution in [0.4, 0.5) is 0 Å². The highest BCUT2D eigenvalue weighted by Gasteiger charge is 2.25. The van der Waals surface area contributed by atoms with E-state index in [0.717, 1.165) is 32.4 Å². The van der Waals surface area contributed by atoms with Crippen LogP contribution in [0.3, 0.4) is 0 Å². The first-order valence-electron chi connectivity index (χ1n) is 7.14. The maximum atomic E-state index is 11.1. The summed E-state index contributed by atoms with van der Waals surface area (Å²) in [6.45, 7) is 5.01. The summed E-state index contributed by atoms with van der Waals surface area (Å²) in [7, 11) is 0. The molecule has 1 aromatic carbocycles. The van der Waals surface area contributed by atoms with Gasteiger partial charge in [0, 0.05) is 13.1 Å². The molecule has 2 unspecified atom stereocenters. The molecule has 3 nitrogen and oxygen atoms in total. The van der Waals surface area contributed by atoms with Crippen LogP contribution in [0, 0.1) is 11.8 Å². The number of aliphatic carboxylic acids is 1. The lowest BCUT2D eigenvalue weighted by Crippen LogP contribution is -2.41. The molecule has 1 heterocycles. The van der Waals surface area contributed by atoms with Gasteiger partial charge in [0.05, 0.1) is 5.92 Å². The van der Waals surface area contributed by atoms with Crippen LogP contribution in [0.15, 0.2) is 30.3 Å². The van der Waals surface area contributed by atoms with Crippen LogP contribution in [-0.4, -0.2) is 35.6 Å². The van der Waals surface area contributed by atoms with Crippen LogP contribution in [0.2, 0.25) is 0 Å². The lowest BCUT2D eigenvalue weighted by Gasteiger charge is -2.32. The van der Waals surface area contributed by atoms with Crippen molar-refractivity contribution in [1.82, 2.24) is 4.90 Å². The highest BCUT2D eigenvalue weighted by molar-refractivity contribution is 5.70. The second-order valence-corrected chi connectivity index (χ2v) is 5.73. The first-order valence-corrected chi connectivity index (χ1v) is 7.14. The van der Waals surface area contributed by atoms with E-state index in [1.54, 1.807) is 0 Å². The quantitative estimate of drug-likeness (QED) is 0.886. The summed E-state index contributed by atoms with van der Waals surface area (Å²) in [6.07, 6.45) is 2.91. The van der Waals surface area contributed by atoms with E-state index in [0.29, 0.717) is 12.5 Å². The number of benzene rings is 1. The van der Waals surface area contributed by atoms with E-state index in [1.165, 1.54) is 5.56 Å². The number of hydrogen-bond acceptors (Lipinski definition) is 2. The van der Waals surface area contributed by atoms with Gasteiger partial charge >= 0.3 is 5.97 Å². The molecule has 1 aromatic rings. The highest BCUT2D eigenvalue weighted by Crippen LogP contribution is 2.19. The molecule has 0 aliphatic carbocycles. The van der Waals surface area contributed by atoms with Crippen molar-refractivity contribution in [3.63, 3.8) is 0 Å². The Kier molecular flexibility index (Phi) is 4.97. The van der Waals surface area contributed by atoms with Crippen LogP contribution < -0.4 is 0 Å². The molecule has 1 N–H and O–H groups in total. The van der Waals surface area contributed by atoms with E-state index in [2.05, 4.69) is 36.1 Å². The molecule has 0 amide bonds. The molecule has 2 atom stereocenters. The molecule has 1 aliphatic rings. The van der Waals surface area contributed by atoms with E-state index < -0.39 is 5.97 Å². The van der Waals surface area contributed by atoms with Crippen molar-refractivity contribution in [2.45, 2.75) is 26.2 Å². The Morgan fingerprint density at radius 1 is 1.42 bits per heavy atom.